The molecule has 3 aliphatic rings. The monoisotopic (exact) mass is 431 g/mol. The Kier molecular flexibility index (Phi) is 5.22. The molecule has 2 heterocycles. The molecule has 0 spiro atoms. The Morgan fingerprint density at radius 1 is 1.19 bits per heavy atom. The third-order valence-electron chi connectivity index (χ3n) is 7.02. The maximum atomic E-state index is 5.84. The highest BCUT2D eigenvalue weighted by Crippen LogP contribution is 2.53. The zero-order valence-electron chi connectivity index (χ0n) is 19.3. The van der Waals surface area contributed by atoms with Crippen molar-refractivity contribution in [1.29, 1.82) is 0 Å². The van der Waals surface area contributed by atoms with Gasteiger partial charge in [0.25, 0.3) is 0 Å². The van der Waals surface area contributed by atoms with E-state index in [4.69, 9.17) is 4.74 Å². The Bertz CT molecular complexity index is 1100. The Balaban J connectivity index is 1.71. The van der Waals surface area contributed by atoms with Crippen LogP contribution in [0.2, 0.25) is 0 Å². The van der Waals surface area contributed by atoms with Crippen LogP contribution < -0.4 is 10.1 Å². The standard InChI is InChI=1S/C28H33NOS/c1-6-8-19-11-14-24(31-19)21-15-18-9-7-10-23(30-5)26(18)20-12-13-22-25(27(20)21)17(2)16-28(3,4)29-22/h7,9-14,16,21-22,25,29H,6,8,15H2,1-5H3. The minimum Gasteiger partial charge on any atom is -0.496 e. The van der Waals surface area contributed by atoms with Gasteiger partial charge in [0.1, 0.15) is 5.75 Å². The molecule has 1 aromatic heterocycles. The summed E-state index contributed by atoms with van der Waals surface area (Å²) in [4.78, 5) is 3.02. The van der Waals surface area contributed by atoms with Crippen LogP contribution in [0.4, 0.5) is 0 Å². The lowest BCUT2D eigenvalue weighted by Crippen LogP contribution is -2.53. The predicted octanol–water partition coefficient (Wildman–Crippen LogP) is 6.69. The number of benzene rings is 1. The van der Waals surface area contributed by atoms with Crippen LogP contribution in [-0.2, 0) is 12.8 Å². The lowest BCUT2D eigenvalue weighted by atomic mass is 9.65. The zero-order chi connectivity index (χ0) is 21.8. The lowest BCUT2D eigenvalue weighted by Gasteiger charge is -2.46. The Morgan fingerprint density at radius 3 is 2.81 bits per heavy atom. The maximum Gasteiger partial charge on any atom is 0.126 e. The van der Waals surface area contributed by atoms with E-state index in [0.717, 1.165) is 12.2 Å². The van der Waals surface area contributed by atoms with Crippen LogP contribution in [0.1, 0.15) is 60.9 Å². The van der Waals surface area contributed by atoms with Gasteiger partial charge in [0.15, 0.2) is 0 Å². The number of methoxy groups -OCH3 is 1. The number of aryl methyl sites for hydroxylation is 1. The van der Waals surface area contributed by atoms with Crippen LogP contribution in [0.3, 0.4) is 0 Å². The van der Waals surface area contributed by atoms with Crippen LogP contribution in [0.15, 0.2) is 59.7 Å². The van der Waals surface area contributed by atoms with Gasteiger partial charge < -0.3 is 10.1 Å². The molecule has 0 saturated heterocycles. The van der Waals surface area contributed by atoms with Gasteiger partial charge >= 0.3 is 0 Å². The molecule has 0 fully saturated rings. The topological polar surface area (TPSA) is 21.3 Å². The minimum absolute atomic E-state index is 0.0185. The summed E-state index contributed by atoms with van der Waals surface area (Å²) in [7, 11) is 1.80. The minimum atomic E-state index is 0.0185. The first kappa shape index (κ1) is 20.8. The number of thiophene rings is 1. The molecule has 162 valence electrons. The second-order valence-corrected chi connectivity index (χ2v) is 11.0. The van der Waals surface area contributed by atoms with Crippen molar-refractivity contribution >= 4 is 16.9 Å². The van der Waals surface area contributed by atoms with Gasteiger partial charge in [0, 0.05) is 38.7 Å². The highest BCUT2D eigenvalue weighted by atomic mass is 32.1. The molecule has 2 nitrogen and oxygen atoms in total. The quantitative estimate of drug-likeness (QED) is 0.545. The van der Waals surface area contributed by atoms with Crippen molar-refractivity contribution in [3.05, 3.63) is 80.6 Å². The van der Waals surface area contributed by atoms with Crippen LogP contribution in [0, 0.1) is 5.92 Å². The molecular formula is C28H33NOS. The number of fused-ring (bicyclic) bond motifs is 4. The van der Waals surface area contributed by atoms with Gasteiger partial charge in [-0.25, -0.2) is 0 Å². The summed E-state index contributed by atoms with van der Waals surface area (Å²) in [5, 5.41) is 3.88. The molecule has 5 rings (SSSR count). The molecule has 3 atom stereocenters. The Morgan fingerprint density at radius 2 is 2.03 bits per heavy atom. The third kappa shape index (κ3) is 3.52. The Hall–Kier alpha value is -2.10. The van der Waals surface area contributed by atoms with E-state index < -0.39 is 0 Å². The predicted molar refractivity (Wildman–Crippen MR) is 132 cm³/mol. The van der Waals surface area contributed by atoms with Crippen molar-refractivity contribution in [3.8, 4) is 5.75 Å². The molecule has 2 aromatic rings. The lowest BCUT2D eigenvalue weighted by molar-refractivity contribution is 0.350. The summed E-state index contributed by atoms with van der Waals surface area (Å²) in [6.07, 6.45) is 10.6. The normalized spacial score (nSPS) is 26.1. The van der Waals surface area contributed by atoms with Gasteiger partial charge in [-0.15, -0.1) is 11.3 Å². The average Bonchev–Trinajstić information content (AvgIpc) is 3.19. The number of hydrogen-bond donors (Lipinski definition) is 1. The molecule has 31 heavy (non-hydrogen) atoms. The van der Waals surface area contributed by atoms with Crippen molar-refractivity contribution in [3.63, 3.8) is 0 Å². The smallest absolute Gasteiger partial charge is 0.126 e. The fourth-order valence-corrected chi connectivity index (χ4v) is 7.19. The summed E-state index contributed by atoms with van der Waals surface area (Å²) >= 11 is 2.02. The average molecular weight is 432 g/mol. The van der Waals surface area contributed by atoms with Gasteiger partial charge in [0.2, 0.25) is 0 Å². The molecule has 0 amide bonds. The van der Waals surface area contributed by atoms with Gasteiger partial charge in [-0.05, 0) is 68.5 Å². The number of hydrogen-bond acceptors (Lipinski definition) is 3. The summed E-state index contributed by atoms with van der Waals surface area (Å²) < 4.78 is 5.84. The van der Waals surface area contributed by atoms with Gasteiger partial charge in [-0.3, -0.25) is 0 Å². The first-order valence-corrected chi connectivity index (χ1v) is 12.4. The van der Waals surface area contributed by atoms with E-state index in [0.29, 0.717) is 17.9 Å². The molecule has 3 unspecified atom stereocenters. The van der Waals surface area contributed by atoms with Crippen LogP contribution in [-0.4, -0.2) is 18.7 Å². The Labute approximate surface area is 190 Å². The number of ether oxygens (including phenoxy) is 1. The molecule has 2 aliphatic carbocycles. The van der Waals surface area contributed by atoms with Gasteiger partial charge in [0.05, 0.1) is 7.11 Å². The molecule has 0 radical (unpaired) electrons. The highest BCUT2D eigenvalue weighted by Gasteiger charge is 2.42. The summed E-state index contributed by atoms with van der Waals surface area (Å²) in [5.74, 6) is 1.82. The summed E-state index contributed by atoms with van der Waals surface area (Å²) in [6.45, 7) is 9.15. The van der Waals surface area contributed by atoms with Crippen LogP contribution >= 0.6 is 11.3 Å². The first-order chi connectivity index (χ1) is 14.9. The van der Waals surface area contributed by atoms with E-state index in [1.54, 1.807) is 12.7 Å². The number of nitrogens with one attached hydrogen (secondary N) is 1. The van der Waals surface area contributed by atoms with E-state index in [2.05, 4.69) is 81.6 Å². The zero-order valence-corrected chi connectivity index (χ0v) is 20.1. The molecule has 0 bridgehead atoms. The SMILES string of the molecule is CCCc1ccc(C2Cc3cccc(OC)c3C3=C2C2C(C)=CC(C)(C)NC2C=C3)s1. The summed E-state index contributed by atoms with van der Waals surface area (Å²) in [5.41, 5.74) is 7.16. The molecule has 1 aromatic carbocycles. The van der Waals surface area contributed by atoms with Crippen molar-refractivity contribution in [2.75, 3.05) is 7.11 Å². The third-order valence-corrected chi connectivity index (χ3v) is 8.28. The highest BCUT2D eigenvalue weighted by molar-refractivity contribution is 7.12. The van der Waals surface area contributed by atoms with E-state index in [1.165, 1.54) is 44.9 Å². The van der Waals surface area contributed by atoms with Crippen LogP contribution in [0.5, 0.6) is 5.75 Å². The molecule has 1 aliphatic heterocycles. The van der Waals surface area contributed by atoms with E-state index in [9.17, 15) is 0 Å². The molecular weight excluding hydrogens is 398 g/mol. The maximum absolute atomic E-state index is 5.84. The van der Waals surface area contributed by atoms with Crippen LogP contribution in [0.25, 0.3) is 5.57 Å². The van der Waals surface area contributed by atoms with Gasteiger partial charge in [-0.1, -0.05) is 49.3 Å². The van der Waals surface area contributed by atoms with E-state index in [-0.39, 0.29) is 5.54 Å². The van der Waals surface area contributed by atoms with E-state index >= 15 is 0 Å². The van der Waals surface area contributed by atoms with Crippen molar-refractivity contribution in [1.82, 2.24) is 5.32 Å². The fourth-order valence-electron chi connectivity index (χ4n) is 5.96. The largest absolute Gasteiger partial charge is 0.496 e. The summed E-state index contributed by atoms with van der Waals surface area (Å²) in [6, 6.07) is 11.6. The van der Waals surface area contributed by atoms with E-state index in [1.807, 2.05) is 11.3 Å². The fraction of sp³-hybridized carbons (Fsp3) is 0.429. The molecule has 0 saturated carbocycles. The second kappa shape index (κ2) is 7.79. The molecule has 3 heteroatoms. The van der Waals surface area contributed by atoms with Crippen molar-refractivity contribution in [2.24, 2.45) is 5.92 Å². The number of rotatable bonds is 4. The second-order valence-electron chi connectivity index (χ2n) is 9.79. The number of allylic oxidation sites excluding steroid dienone is 2. The first-order valence-electron chi connectivity index (χ1n) is 11.6. The van der Waals surface area contributed by atoms with Crippen molar-refractivity contribution < 1.29 is 4.74 Å². The van der Waals surface area contributed by atoms with Crippen molar-refractivity contribution in [2.45, 2.75) is 64.5 Å². The molecule has 1 N–H and O–H groups in total. The van der Waals surface area contributed by atoms with Gasteiger partial charge in [-0.2, -0.15) is 0 Å².